The van der Waals surface area contributed by atoms with Gasteiger partial charge in [-0.05, 0) is 61.0 Å². The van der Waals surface area contributed by atoms with E-state index in [4.69, 9.17) is 16.1 Å². The summed E-state index contributed by atoms with van der Waals surface area (Å²) in [5.74, 6) is 2.38. The first-order valence-electron chi connectivity index (χ1n) is 12.5. The van der Waals surface area contributed by atoms with Crippen LogP contribution in [0.25, 0.3) is 0 Å². The molecule has 0 radical (unpaired) electrons. The minimum Gasteiger partial charge on any atom is -0.451 e. The zero-order chi connectivity index (χ0) is 27.8. The van der Waals surface area contributed by atoms with Crippen molar-refractivity contribution >= 4 is 39.9 Å². The summed E-state index contributed by atoms with van der Waals surface area (Å²) in [6.45, 7) is 6.18. The van der Waals surface area contributed by atoms with Gasteiger partial charge in [-0.15, -0.1) is 4.15 Å². The first-order chi connectivity index (χ1) is 18.5. The van der Waals surface area contributed by atoms with Gasteiger partial charge in [0.05, 0.1) is 4.90 Å². The second kappa shape index (κ2) is 10.3. The van der Waals surface area contributed by atoms with E-state index in [0.717, 1.165) is 22.5 Å². The Bertz CT molecular complexity index is 1720. The van der Waals surface area contributed by atoms with Gasteiger partial charge in [0, 0.05) is 40.0 Å². The largest absolute Gasteiger partial charge is 0.451 e. The number of hydrogen-bond acceptors (Lipinski definition) is 4. The van der Waals surface area contributed by atoms with Gasteiger partial charge in [0.2, 0.25) is 7.28 Å². The molecule has 0 N–H and O–H groups in total. The maximum Gasteiger partial charge on any atom is 0.284 e. The Balaban J connectivity index is 1.84. The second-order valence-electron chi connectivity index (χ2n) is 10.1. The molecule has 0 saturated carbocycles. The van der Waals surface area contributed by atoms with Gasteiger partial charge in [-0.1, -0.05) is 85.6 Å². The molecule has 5 rings (SSSR count). The number of para-hydroxylation sites is 1. The summed E-state index contributed by atoms with van der Waals surface area (Å²) in [7, 11) is -5.54. The summed E-state index contributed by atoms with van der Waals surface area (Å²) in [6.07, 6.45) is 0. The van der Waals surface area contributed by atoms with Crippen LogP contribution in [0.5, 0.6) is 5.75 Å². The summed E-state index contributed by atoms with van der Waals surface area (Å²) in [4.78, 5) is 2.21. The zero-order valence-electron chi connectivity index (χ0n) is 22.2. The maximum absolute atomic E-state index is 13.9. The quantitative estimate of drug-likeness (QED) is 0.217. The van der Waals surface area contributed by atoms with Crippen molar-refractivity contribution in [3.63, 3.8) is 0 Å². The summed E-state index contributed by atoms with van der Waals surface area (Å²) in [6, 6.07) is 31.3. The van der Waals surface area contributed by atoms with Gasteiger partial charge in [-0.3, -0.25) is 0 Å². The van der Waals surface area contributed by atoms with Crippen LogP contribution in [0, 0.1) is 6.92 Å². The number of likely N-dealkylation sites (N-methyl/N-ethyl adjacent to an activating group) is 1. The molecule has 200 valence electrons. The lowest BCUT2D eigenvalue weighted by Gasteiger charge is -2.29. The van der Waals surface area contributed by atoms with Crippen molar-refractivity contribution in [2.75, 3.05) is 11.9 Å². The number of benzene rings is 4. The number of hydrogen-bond donors (Lipinski definition) is 0. The molecular weight excluding hydrogens is 547 g/mol. The summed E-state index contributed by atoms with van der Waals surface area (Å²) >= 11 is 6.32. The summed E-state index contributed by atoms with van der Waals surface area (Å²) in [5, 5.41) is 1.16. The standard InChI is InChI=1S/C31H30ClN2O3PS/c1-23-17-19-27(20-18-23)39(35,36)33-38(26-13-6-5-7-14-26,37-25-12-10-11-24(32)21-25)22-30-31(2,3)28-15-8-9-16-29(28)34(30)4/h5-22H,1-4H3. The maximum atomic E-state index is 13.9. The molecule has 0 saturated heterocycles. The molecule has 39 heavy (non-hydrogen) atoms. The molecule has 0 spiro atoms. The first kappa shape index (κ1) is 27.3. The van der Waals surface area contributed by atoms with E-state index >= 15 is 0 Å². The molecular formula is C31H30ClN2O3PS. The SMILES string of the molecule is Cc1ccc(S(=O)(=O)N=P(C=C2N(C)c3ccccc3C2(C)C)(Oc2cccc(Cl)c2)c2ccccc2)cc1. The molecule has 8 heteroatoms. The van der Waals surface area contributed by atoms with E-state index in [0.29, 0.717) is 16.1 Å². The van der Waals surface area contributed by atoms with Gasteiger partial charge < -0.3 is 9.42 Å². The third-order valence-corrected chi connectivity index (χ3v) is 12.0. The number of aryl methyl sites for hydroxylation is 1. The van der Waals surface area contributed by atoms with Crippen molar-refractivity contribution in [1.29, 1.82) is 0 Å². The highest BCUT2D eigenvalue weighted by Gasteiger charge is 2.41. The fourth-order valence-electron chi connectivity index (χ4n) is 4.88. The molecule has 0 aliphatic carbocycles. The molecule has 4 aromatic carbocycles. The number of nitrogens with zero attached hydrogens (tertiary/aromatic N) is 2. The van der Waals surface area contributed by atoms with Crippen molar-refractivity contribution in [2.24, 2.45) is 4.15 Å². The predicted octanol–water partition coefficient (Wildman–Crippen LogP) is 8.13. The highest BCUT2D eigenvalue weighted by Crippen LogP contribution is 2.58. The van der Waals surface area contributed by atoms with Gasteiger partial charge in [0.15, 0.2) is 0 Å². The lowest BCUT2D eigenvalue weighted by Crippen LogP contribution is -2.24. The average Bonchev–Trinajstić information content (AvgIpc) is 3.10. The van der Waals surface area contributed by atoms with Gasteiger partial charge in [-0.25, -0.2) is 0 Å². The third kappa shape index (κ3) is 5.29. The van der Waals surface area contributed by atoms with Crippen LogP contribution in [0.2, 0.25) is 5.02 Å². The van der Waals surface area contributed by atoms with Crippen LogP contribution in [-0.2, 0) is 15.4 Å². The molecule has 1 aliphatic heterocycles. The van der Waals surface area contributed by atoms with E-state index in [1.807, 2.05) is 62.3 Å². The van der Waals surface area contributed by atoms with Crippen molar-refractivity contribution in [3.8, 4) is 5.75 Å². The Kier molecular flexibility index (Phi) is 7.23. The van der Waals surface area contributed by atoms with Gasteiger partial charge in [0.1, 0.15) is 5.75 Å². The van der Waals surface area contributed by atoms with E-state index in [1.54, 1.807) is 48.5 Å². The Hall–Kier alpha value is -3.31. The van der Waals surface area contributed by atoms with Crippen LogP contribution in [0.4, 0.5) is 5.69 Å². The van der Waals surface area contributed by atoms with Gasteiger partial charge in [-0.2, -0.15) is 8.42 Å². The van der Waals surface area contributed by atoms with Crippen LogP contribution < -0.4 is 14.7 Å². The van der Waals surface area contributed by atoms with E-state index < -0.39 is 22.7 Å². The minimum absolute atomic E-state index is 0.115. The fraction of sp³-hybridized carbons (Fsp3) is 0.161. The second-order valence-corrected chi connectivity index (χ2v) is 14.8. The normalized spacial score (nSPS) is 16.9. The monoisotopic (exact) mass is 576 g/mol. The van der Waals surface area contributed by atoms with Crippen LogP contribution in [0.3, 0.4) is 0 Å². The van der Waals surface area contributed by atoms with Crippen LogP contribution in [0.15, 0.2) is 124 Å². The highest BCUT2D eigenvalue weighted by molar-refractivity contribution is 7.95. The number of rotatable bonds is 6. The van der Waals surface area contributed by atoms with E-state index in [9.17, 15) is 8.42 Å². The molecule has 1 atom stereocenters. The Labute approximate surface area is 235 Å². The van der Waals surface area contributed by atoms with Crippen molar-refractivity contribution < 1.29 is 12.9 Å². The molecule has 4 aromatic rings. The van der Waals surface area contributed by atoms with Crippen molar-refractivity contribution in [3.05, 3.63) is 131 Å². The number of sulfonamides is 1. The van der Waals surface area contributed by atoms with Gasteiger partial charge in [0.25, 0.3) is 10.0 Å². The van der Waals surface area contributed by atoms with Crippen LogP contribution >= 0.6 is 18.9 Å². The average molecular weight is 577 g/mol. The molecule has 1 unspecified atom stereocenters. The topological polar surface area (TPSA) is 59.0 Å². The van der Waals surface area contributed by atoms with Crippen LogP contribution in [-0.4, -0.2) is 15.5 Å². The molecule has 0 fully saturated rings. The Morgan fingerprint density at radius 3 is 2.23 bits per heavy atom. The Morgan fingerprint density at radius 2 is 1.56 bits per heavy atom. The molecule has 0 bridgehead atoms. The summed E-state index contributed by atoms with van der Waals surface area (Å²) in [5.41, 5.74) is 3.65. The first-order valence-corrected chi connectivity index (χ1v) is 16.1. The third-order valence-electron chi connectivity index (χ3n) is 6.95. The molecule has 1 heterocycles. The highest BCUT2D eigenvalue weighted by atomic mass is 35.5. The summed E-state index contributed by atoms with van der Waals surface area (Å²) < 4.78 is 39.3. The van der Waals surface area contributed by atoms with Crippen molar-refractivity contribution in [1.82, 2.24) is 0 Å². The number of allylic oxidation sites excluding steroid dienone is 1. The molecule has 1 aliphatic rings. The van der Waals surface area contributed by atoms with E-state index in [2.05, 4.69) is 35.0 Å². The van der Waals surface area contributed by atoms with E-state index in [-0.39, 0.29) is 4.90 Å². The minimum atomic E-state index is -4.12. The van der Waals surface area contributed by atoms with Crippen LogP contribution in [0.1, 0.15) is 25.0 Å². The number of fused-ring (bicyclic) bond motifs is 1. The number of halogens is 1. The lowest BCUT2D eigenvalue weighted by atomic mass is 9.84. The predicted molar refractivity (Wildman–Crippen MR) is 162 cm³/mol. The molecule has 5 nitrogen and oxygen atoms in total. The molecule has 0 aromatic heterocycles. The fourth-order valence-corrected chi connectivity index (χ4v) is 10.1. The van der Waals surface area contributed by atoms with Crippen molar-refractivity contribution in [2.45, 2.75) is 31.1 Å². The zero-order valence-corrected chi connectivity index (χ0v) is 24.7. The molecule has 0 amide bonds. The number of anilines is 1. The lowest BCUT2D eigenvalue weighted by molar-refractivity contribution is 0.593. The Morgan fingerprint density at radius 1 is 0.897 bits per heavy atom. The van der Waals surface area contributed by atoms with E-state index in [1.165, 1.54) is 0 Å². The smallest absolute Gasteiger partial charge is 0.284 e. The van der Waals surface area contributed by atoms with Gasteiger partial charge >= 0.3 is 0 Å².